The van der Waals surface area contributed by atoms with Gasteiger partial charge in [0.05, 0.1) is 33.0 Å². The van der Waals surface area contributed by atoms with Crippen LogP contribution in [-0.2, 0) is 51.9 Å². The highest BCUT2D eigenvalue weighted by molar-refractivity contribution is 5.68. The van der Waals surface area contributed by atoms with Gasteiger partial charge in [0.15, 0.2) is 0 Å². The van der Waals surface area contributed by atoms with Crippen LogP contribution >= 0.6 is 0 Å². The van der Waals surface area contributed by atoms with Gasteiger partial charge in [0.1, 0.15) is 30.7 Å². The van der Waals surface area contributed by atoms with E-state index in [4.69, 9.17) is 23.7 Å². The van der Waals surface area contributed by atoms with Crippen molar-refractivity contribution in [2.45, 2.75) is 63.7 Å². The summed E-state index contributed by atoms with van der Waals surface area (Å²) in [6.07, 6.45) is 2.59. The van der Waals surface area contributed by atoms with Gasteiger partial charge in [0.25, 0.3) is 0 Å². The number of benzene rings is 5. The van der Waals surface area contributed by atoms with E-state index < -0.39 is 30.4 Å². The van der Waals surface area contributed by atoms with Crippen LogP contribution in [-0.4, -0.2) is 42.5 Å². The molecule has 0 saturated carbocycles. The molecule has 262 valence electrons. The molecule has 0 fully saturated rings. The van der Waals surface area contributed by atoms with E-state index in [0.717, 1.165) is 33.6 Å². The van der Waals surface area contributed by atoms with Crippen LogP contribution in [0.4, 0.5) is 4.79 Å². The Morgan fingerprint density at radius 3 is 1.59 bits per heavy atom. The van der Waals surface area contributed by atoms with E-state index in [-0.39, 0.29) is 6.61 Å². The molecular formula is C44H45NO6. The van der Waals surface area contributed by atoms with Crippen LogP contribution in [0.25, 0.3) is 0 Å². The highest BCUT2D eigenvalue weighted by Crippen LogP contribution is 2.30. The van der Waals surface area contributed by atoms with Crippen molar-refractivity contribution in [2.75, 3.05) is 7.11 Å². The molecule has 51 heavy (non-hydrogen) atoms. The first-order valence-corrected chi connectivity index (χ1v) is 17.4. The third-order valence-corrected chi connectivity index (χ3v) is 8.94. The van der Waals surface area contributed by atoms with Crippen LogP contribution in [0.1, 0.15) is 34.2 Å². The van der Waals surface area contributed by atoms with E-state index in [1.54, 1.807) is 12.0 Å². The maximum absolute atomic E-state index is 14.2. The zero-order valence-electron chi connectivity index (χ0n) is 29.0. The van der Waals surface area contributed by atoms with Gasteiger partial charge in [-0.25, -0.2) is 4.79 Å². The SMILES string of the molecule is COc1ccc(CO[C@@H]2[C@@H](OCc3ccccc3)[C@H](OCc3ccccc3)C=CC[C@H]2N(Cc2ccccc2)C(=O)OCc2ccccc2)cc1. The van der Waals surface area contributed by atoms with Gasteiger partial charge in [-0.05, 0) is 46.4 Å². The van der Waals surface area contributed by atoms with Crippen LogP contribution in [0, 0.1) is 0 Å². The summed E-state index contributed by atoms with van der Waals surface area (Å²) in [5.74, 6) is 0.768. The van der Waals surface area contributed by atoms with E-state index in [1.165, 1.54) is 0 Å². The molecule has 5 aromatic carbocycles. The Bertz CT molecular complexity index is 1770. The van der Waals surface area contributed by atoms with E-state index in [9.17, 15) is 4.79 Å². The van der Waals surface area contributed by atoms with Crippen molar-refractivity contribution in [3.63, 3.8) is 0 Å². The first-order valence-electron chi connectivity index (χ1n) is 17.4. The largest absolute Gasteiger partial charge is 0.497 e. The molecule has 0 heterocycles. The van der Waals surface area contributed by atoms with Crippen LogP contribution in [0.3, 0.4) is 0 Å². The molecule has 0 spiro atoms. The van der Waals surface area contributed by atoms with Crippen molar-refractivity contribution in [2.24, 2.45) is 0 Å². The smallest absolute Gasteiger partial charge is 0.410 e. The highest BCUT2D eigenvalue weighted by atomic mass is 16.6. The maximum atomic E-state index is 14.2. The van der Waals surface area contributed by atoms with E-state index in [1.807, 2.05) is 146 Å². The number of hydrogen-bond acceptors (Lipinski definition) is 6. The Balaban J connectivity index is 1.35. The lowest BCUT2D eigenvalue weighted by Crippen LogP contribution is -2.54. The van der Waals surface area contributed by atoms with Gasteiger partial charge in [-0.15, -0.1) is 0 Å². The standard InChI is InChI=1S/C44H45NO6/c1-47-39-27-25-38(26-28-39)32-49-42-40(45(29-34-15-6-2-7-16-34)44(46)51-33-37-21-12-5-13-22-37)23-14-24-41(48-30-35-17-8-3-9-18-35)43(42)50-31-36-19-10-4-11-20-36/h2-22,24-28,40-43H,23,29-33H2,1H3/t40-,41-,42+,43+/m1/s1. The number of rotatable bonds is 15. The third-order valence-electron chi connectivity index (χ3n) is 8.94. The normalized spacial score (nSPS) is 18.5. The summed E-state index contributed by atoms with van der Waals surface area (Å²) < 4.78 is 31.8. The Hall–Kier alpha value is -5.21. The Labute approximate surface area is 301 Å². The molecular weight excluding hydrogens is 638 g/mol. The fraction of sp³-hybridized carbons (Fsp3) is 0.250. The maximum Gasteiger partial charge on any atom is 0.410 e. The summed E-state index contributed by atoms with van der Waals surface area (Å²) in [6, 6.07) is 47.2. The first-order chi connectivity index (χ1) is 25.2. The van der Waals surface area contributed by atoms with Crippen molar-refractivity contribution in [1.29, 1.82) is 0 Å². The average Bonchev–Trinajstić information content (AvgIpc) is 3.36. The van der Waals surface area contributed by atoms with Crippen molar-refractivity contribution in [3.05, 3.63) is 186 Å². The fourth-order valence-electron chi connectivity index (χ4n) is 6.20. The summed E-state index contributed by atoms with van der Waals surface area (Å²) in [4.78, 5) is 16.0. The van der Waals surface area contributed by atoms with E-state index in [2.05, 4.69) is 12.2 Å². The average molecular weight is 684 g/mol. The molecule has 0 aromatic heterocycles. The predicted molar refractivity (Wildman–Crippen MR) is 198 cm³/mol. The van der Waals surface area contributed by atoms with Crippen LogP contribution in [0.2, 0.25) is 0 Å². The molecule has 6 rings (SSSR count). The number of carbonyl (C=O) groups is 1. The first kappa shape index (κ1) is 35.6. The van der Waals surface area contributed by atoms with E-state index in [0.29, 0.717) is 32.8 Å². The zero-order valence-corrected chi connectivity index (χ0v) is 29.0. The molecule has 0 unspecified atom stereocenters. The fourth-order valence-corrected chi connectivity index (χ4v) is 6.20. The quantitative estimate of drug-likeness (QED) is 0.103. The lowest BCUT2D eigenvalue weighted by atomic mass is 9.99. The Morgan fingerprint density at radius 2 is 1.04 bits per heavy atom. The third kappa shape index (κ3) is 10.4. The highest BCUT2D eigenvalue weighted by Gasteiger charge is 2.42. The Morgan fingerprint density at radius 1 is 0.569 bits per heavy atom. The Kier molecular flexibility index (Phi) is 13.0. The number of hydrogen-bond donors (Lipinski definition) is 0. The minimum absolute atomic E-state index is 0.154. The monoisotopic (exact) mass is 683 g/mol. The second-order valence-electron chi connectivity index (χ2n) is 12.5. The molecule has 0 bridgehead atoms. The van der Waals surface area contributed by atoms with Crippen LogP contribution in [0.15, 0.2) is 158 Å². The number of carbonyl (C=O) groups excluding carboxylic acids is 1. The van der Waals surface area contributed by atoms with Crippen molar-refractivity contribution in [3.8, 4) is 5.75 Å². The zero-order chi connectivity index (χ0) is 35.1. The number of ether oxygens (including phenoxy) is 5. The molecule has 0 radical (unpaired) electrons. The minimum Gasteiger partial charge on any atom is -0.497 e. The van der Waals surface area contributed by atoms with Crippen molar-refractivity contribution >= 4 is 6.09 Å². The second kappa shape index (κ2) is 18.7. The van der Waals surface area contributed by atoms with Crippen LogP contribution < -0.4 is 4.74 Å². The molecule has 1 aliphatic rings. The van der Waals surface area contributed by atoms with Gasteiger partial charge in [-0.2, -0.15) is 0 Å². The summed E-state index contributed by atoms with van der Waals surface area (Å²) in [6.45, 7) is 1.51. The van der Waals surface area contributed by atoms with E-state index >= 15 is 0 Å². The van der Waals surface area contributed by atoms with Crippen molar-refractivity contribution in [1.82, 2.24) is 4.90 Å². The molecule has 7 nitrogen and oxygen atoms in total. The molecule has 5 aromatic rings. The summed E-state index contributed by atoms with van der Waals surface area (Å²) >= 11 is 0. The molecule has 1 amide bonds. The van der Waals surface area contributed by atoms with Gasteiger partial charge < -0.3 is 23.7 Å². The predicted octanol–water partition coefficient (Wildman–Crippen LogP) is 8.92. The lowest BCUT2D eigenvalue weighted by Gasteiger charge is -2.40. The summed E-state index contributed by atoms with van der Waals surface area (Å²) in [5, 5.41) is 0. The van der Waals surface area contributed by atoms with Gasteiger partial charge >= 0.3 is 6.09 Å². The molecule has 4 atom stereocenters. The number of amides is 1. The lowest BCUT2D eigenvalue weighted by molar-refractivity contribution is -0.155. The second-order valence-corrected chi connectivity index (χ2v) is 12.5. The molecule has 0 saturated heterocycles. The topological polar surface area (TPSA) is 66.5 Å². The molecule has 7 heteroatoms. The minimum atomic E-state index is -0.598. The summed E-state index contributed by atoms with van der Waals surface area (Å²) in [7, 11) is 1.65. The molecule has 0 N–H and O–H groups in total. The van der Waals surface area contributed by atoms with Gasteiger partial charge in [-0.3, -0.25) is 4.90 Å². The molecule has 1 aliphatic carbocycles. The number of methoxy groups -OCH3 is 1. The van der Waals surface area contributed by atoms with Gasteiger partial charge in [0.2, 0.25) is 0 Å². The van der Waals surface area contributed by atoms with Crippen LogP contribution in [0.5, 0.6) is 5.75 Å². The molecule has 0 aliphatic heterocycles. The number of nitrogens with zero attached hydrogens (tertiary/aromatic N) is 1. The van der Waals surface area contributed by atoms with Gasteiger partial charge in [-0.1, -0.05) is 146 Å². The summed E-state index contributed by atoms with van der Waals surface area (Å²) in [5.41, 5.74) is 4.95. The van der Waals surface area contributed by atoms with Gasteiger partial charge in [0, 0.05) is 6.54 Å². The van der Waals surface area contributed by atoms with Crippen molar-refractivity contribution < 1.29 is 28.5 Å².